The van der Waals surface area contributed by atoms with Gasteiger partial charge in [0.25, 0.3) is 0 Å². The van der Waals surface area contributed by atoms with Gasteiger partial charge in [0.15, 0.2) is 0 Å². The van der Waals surface area contributed by atoms with Crippen molar-refractivity contribution in [2.45, 2.75) is 0 Å². The lowest BCUT2D eigenvalue weighted by molar-refractivity contribution is 0.498. The van der Waals surface area contributed by atoms with E-state index in [2.05, 4.69) is 51.0 Å². The fraction of sp³-hybridized carbons (Fsp3) is 1.00. The molecule has 0 atom stereocenters. The summed E-state index contributed by atoms with van der Waals surface area (Å²) in [5.74, 6) is 0. The molecule has 0 aromatic carbocycles. The number of hydrogen-bond acceptors (Lipinski definition) is 6. The summed E-state index contributed by atoms with van der Waals surface area (Å²) >= 11 is 0. The first-order valence-corrected chi connectivity index (χ1v) is 5.26. The summed E-state index contributed by atoms with van der Waals surface area (Å²) in [5.41, 5.74) is 0. The molecule has 0 aromatic rings. The van der Waals surface area contributed by atoms with E-state index in [0.29, 0.717) is 0 Å². The Kier molecular flexibility index (Phi) is 4.63. The van der Waals surface area contributed by atoms with Gasteiger partial charge >= 0.3 is 21.4 Å². The predicted molar refractivity (Wildman–Crippen MR) is 67.7 cm³/mol. The zero-order valence-electron chi connectivity index (χ0n) is 10.6. The van der Waals surface area contributed by atoms with E-state index in [4.69, 9.17) is 0 Å². The lowest BCUT2D eigenvalue weighted by Crippen LogP contribution is -2.83. The minimum atomic E-state index is 0.219. The van der Waals surface area contributed by atoms with Crippen LogP contribution >= 0.6 is 0 Å². The van der Waals surface area contributed by atoms with Crippen LogP contribution < -0.4 is 15.7 Å². The van der Waals surface area contributed by atoms with E-state index in [-0.39, 0.29) is 21.4 Å². The van der Waals surface area contributed by atoms with Gasteiger partial charge in [-0.2, -0.15) is 0 Å². The van der Waals surface area contributed by atoms with Crippen LogP contribution in [-0.4, -0.2) is 77.8 Å². The SMILES string of the molecule is CNB1N(C)B(NC)N(C)B(NC)N1C. The average Bonchev–Trinajstić information content (AvgIpc) is 2.19. The molecule has 15 heavy (non-hydrogen) atoms. The van der Waals surface area contributed by atoms with Crippen molar-refractivity contribution >= 4 is 21.4 Å². The Morgan fingerprint density at radius 1 is 0.600 bits per heavy atom. The van der Waals surface area contributed by atoms with Crippen molar-refractivity contribution in [3.05, 3.63) is 0 Å². The van der Waals surface area contributed by atoms with Crippen molar-refractivity contribution in [3.8, 4) is 0 Å². The third-order valence-corrected chi connectivity index (χ3v) is 3.09. The molecule has 0 radical (unpaired) electrons. The fourth-order valence-corrected chi connectivity index (χ4v) is 2.48. The maximum absolute atomic E-state index is 3.30. The van der Waals surface area contributed by atoms with E-state index in [0.717, 1.165) is 0 Å². The van der Waals surface area contributed by atoms with Crippen LogP contribution in [0.25, 0.3) is 0 Å². The standard InChI is InChI=1S/C6H21B3N6/c1-10-7-13(4)8(11-2)15(6)9(12-3)14(7)5/h10-12H,1-6H3. The first kappa shape index (κ1) is 13.0. The van der Waals surface area contributed by atoms with Crippen LogP contribution in [0.5, 0.6) is 0 Å². The molecule has 0 unspecified atom stereocenters. The van der Waals surface area contributed by atoms with Crippen molar-refractivity contribution in [3.63, 3.8) is 0 Å². The van der Waals surface area contributed by atoms with Crippen LogP contribution in [0.4, 0.5) is 0 Å². The molecule has 0 amide bonds. The summed E-state index contributed by atoms with van der Waals surface area (Å²) in [6.45, 7) is 0. The monoisotopic (exact) mass is 210 g/mol. The molecule has 1 aliphatic heterocycles. The molecule has 1 aliphatic rings. The first-order valence-electron chi connectivity index (χ1n) is 5.26. The molecule has 9 heteroatoms. The molecular weight excluding hydrogens is 189 g/mol. The van der Waals surface area contributed by atoms with E-state index >= 15 is 0 Å². The second kappa shape index (κ2) is 5.33. The van der Waals surface area contributed by atoms with Gasteiger partial charge in [-0.3, -0.25) is 0 Å². The summed E-state index contributed by atoms with van der Waals surface area (Å²) < 4.78 is 6.73. The summed E-state index contributed by atoms with van der Waals surface area (Å²) in [6.07, 6.45) is 0. The molecule has 0 aliphatic carbocycles. The highest BCUT2D eigenvalue weighted by molar-refractivity contribution is 6.83. The van der Waals surface area contributed by atoms with Gasteiger partial charge in [-0.05, 0) is 42.3 Å². The first-order chi connectivity index (χ1) is 7.08. The lowest BCUT2D eigenvalue weighted by Gasteiger charge is -2.48. The number of nitrogens with zero attached hydrogens (tertiary/aromatic N) is 3. The second-order valence-corrected chi connectivity index (χ2v) is 3.98. The largest absolute Gasteiger partial charge is 0.381 e. The third kappa shape index (κ3) is 2.22. The average molecular weight is 210 g/mol. The zero-order valence-corrected chi connectivity index (χ0v) is 10.6. The van der Waals surface area contributed by atoms with Gasteiger partial charge in [0, 0.05) is 0 Å². The van der Waals surface area contributed by atoms with Gasteiger partial charge in [-0.15, -0.1) is 0 Å². The lowest BCUT2D eigenvalue weighted by atomic mass is 9.57. The van der Waals surface area contributed by atoms with Crippen LogP contribution in [0.1, 0.15) is 0 Å². The quantitative estimate of drug-likeness (QED) is 0.444. The van der Waals surface area contributed by atoms with Gasteiger partial charge in [-0.25, -0.2) is 0 Å². The molecule has 0 spiro atoms. The van der Waals surface area contributed by atoms with Gasteiger partial charge in [0.1, 0.15) is 0 Å². The predicted octanol–water partition coefficient (Wildman–Crippen LogP) is -2.59. The van der Waals surface area contributed by atoms with E-state index < -0.39 is 0 Å². The van der Waals surface area contributed by atoms with Crippen LogP contribution in [0, 0.1) is 0 Å². The summed E-state index contributed by atoms with van der Waals surface area (Å²) in [7, 11) is 12.9. The molecule has 1 fully saturated rings. The molecular formula is C6H21B3N6. The zero-order chi connectivity index (χ0) is 11.6. The van der Waals surface area contributed by atoms with Crippen molar-refractivity contribution in [2.75, 3.05) is 42.3 Å². The summed E-state index contributed by atoms with van der Waals surface area (Å²) in [6, 6.07) is 0. The van der Waals surface area contributed by atoms with Crippen LogP contribution in [0.15, 0.2) is 0 Å². The Balaban J connectivity index is 2.87. The van der Waals surface area contributed by atoms with Gasteiger partial charge in [0.05, 0.1) is 0 Å². The Bertz CT molecular complexity index is 162. The normalized spacial score (nSPS) is 21.6. The van der Waals surface area contributed by atoms with Crippen LogP contribution in [-0.2, 0) is 0 Å². The van der Waals surface area contributed by atoms with Crippen LogP contribution in [0.2, 0.25) is 0 Å². The molecule has 0 bridgehead atoms. The fourth-order valence-electron chi connectivity index (χ4n) is 2.48. The van der Waals surface area contributed by atoms with E-state index in [9.17, 15) is 0 Å². The molecule has 6 nitrogen and oxygen atoms in total. The molecule has 84 valence electrons. The number of nitrogens with one attached hydrogen (secondary N) is 3. The van der Waals surface area contributed by atoms with Crippen LogP contribution in [0.3, 0.4) is 0 Å². The van der Waals surface area contributed by atoms with Crippen molar-refractivity contribution < 1.29 is 0 Å². The van der Waals surface area contributed by atoms with E-state index in [1.165, 1.54) is 0 Å². The molecule has 0 aromatic heterocycles. The van der Waals surface area contributed by atoms with E-state index in [1.807, 2.05) is 21.1 Å². The minimum absolute atomic E-state index is 0.219. The molecule has 0 saturated carbocycles. The topological polar surface area (TPSA) is 45.8 Å². The smallest absolute Gasteiger partial charge is 0.332 e. The molecule has 1 heterocycles. The summed E-state index contributed by atoms with van der Waals surface area (Å²) in [4.78, 5) is 0. The number of rotatable bonds is 3. The highest BCUT2D eigenvalue weighted by Gasteiger charge is 2.47. The van der Waals surface area contributed by atoms with Gasteiger partial charge in [-0.1, -0.05) is 0 Å². The van der Waals surface area contributed by atoms with Crippen molar-refractivity contribution in [1.29, 1.82) is 0 Å². The van der Waals surface area contributed by atoms with Gasteiger partial charge in [0.2, 0.25) is 0 Å². The molecule has 3 N–H and O–H groups in total. The van der Waals surface area contributed by atoms with E-state index in [1.54, 1.807) is 0 Å². The summed E-state index contributed by atoms with van der Waals surface area (Å²) in [5, 5.41) is 9.89. The highest BCUT2D eigenvalue weighted by atomic mass is 15.4. The minimum Gasteiger partial charge on any atom is -0.332 e. The van der Waals surface area contributed by atoms with Crippen molar-refractivity contribution in [2.24, 2.45) is 0 Å². The Morgan fingerprint density at radius 2 is 0.800 bits per heavy atom. The Labute approximate surface area is 94.2 Å². The van der Waals surface area contributed by atoms with Gasteiger partial charge < -0.3 is 29.8 Å². The van der Waals surface area contributed by atoms with Crippen molar-refractivity contribution in [1.82, 2.24) is 29.8 Å². The maximum atomic E-state index is 3.30. The Hall–Kier alpha value is -0.0452. The molecule has 1 rings (SSSR count). The highest BCUT2D eigenvalue weighted by Crippen LogP contribution is 2.09. The molecule has 1 saturated heterocycles. The Morgan fingerprint density at radius 3 is 0.933 bits per heavy atom. The maximum Gasteiger partial charge on any atom is 0.381 e. The second-order valence-electron chi connectivity index (χ2n) is 3.98. The number of hydrogen-bond donors (Lipinski definition) is 3. The third-order valence-electron chi connectivity index (χ3n) is 3.09.